The Bertz CT molecular complexity index is 654. The zero-order chi connectivity index (χ0) is 14.8. The van der Waals surface area contributed by atoms with Gasteiger partial charge in [0, 0.05) is 22.1 Å². The van der Waals surface area contributed by atoms with Crippen molar-refractivity contribution < 1.29 is 4.79 Å². The van der Waals surface area contributed by atoms with Crippen LogP contribution in [-0.4, -0.2) is 22.0 Å². The molecule has 1 aromatic carbocycles. The molecule has 0 spiro atoms. The predicted octanol–water partition coefficient (Wildman–Crippen LogP) is 4.30. The zero-order valence-corrected chi connectivity index (χ0v) is 13.2. The summed E-state index contributed by atoms with van der Waals surface area (Å²) < 4.78 is 0. The van der Waals surface area contributed by atoms with E-state index in [0.717, 1.165) is 23.5 Å². The van der Waals surface area contributed by atoms with Crippen LogP contribution in [0.2, 0.25) is 5.02 Å². The van der Waals surface area contributed by atoms with Crippen LogP contribution in [0.15, 0.2) is 29.6 Å². The lowest BCUT2D eigenvalue weighted by Crippen LogP contribution is -2.36. The lowest BCUT2D eigenvalue weighted by molar-refractivity contribution is 0.205. The number of halogens is 1. The molecule has 6 heteroatoms. The molecular weight excluding hydrogens is 306 g/mol. The lowest BCUT2D eigenvalue weighted by atomic mass is 10.3. The third-order valence-corrected chi connectivity index (χ3v) is 4.38. The number of amides is 2. The minimum atomic E-state index is -0.0922. The van der Waals surface area contributed by atoms with Crippen LogP contribution in [0.1, 0.15) is 23.5 Å². The molecule has 0 aliphatic heterocycles. The molecule has 1 saturated carbocycles. The largest absolute Gasteiger partial charge is 0.322 e. The van der Waals surface area contributed by atoms with Crippen molar-refractivity contribution in [1.82, 2.24) is 9.88 Å². The van der Waals surface area contributed by atoms with Gasteiger partial charge in [-0.15, -0.1) is 11.3 Å². The van der Waals surface area contributed by atoms with Crippen molar-refractivity contribution in [2.45, 2.75) is 32.4 Å². The number of carbonyl (C=O) groups excluding carboxylic acids is 1. The summed E-state index contributed by atoms with van der Waals surface area (Å²) >= 11 is 7.55. The number of nitrogens with zero attached hydrogens (tertiary/aromatic N) is 2. The minimum absolute atomic E-state index is 0.0922. The van der Waals surface area contributed by atoms with E-state index in [1.54, 1.807) is 23.5 Å². The molecule has 0 bridgehead atoms. The molecule has 1 N–H and O–H groups in total. The van der Waals surface area contributed by atoms with Crippen LogP contribution in [-0.2, 0) is 6.54 Å². The second kappa shape index (κ2) is 6.03. The molecule has 1 aromatic heterocycles. The summed E-state index contributed by atoms with van der Waals surface area (Å²) in [6.07, 6.45) is 2.12. The molecule has 0 saturated heterocycles. The van der Waals surface area contributed by atoms with E-state index in [1.807, 2.05) is 29.3 Å². The van der Waals surface area contributed by atoms with Crippen molar-refractivity contribution in [3.63, 3.8) is 0 Å². The highest BCUT2D eigenvalue weighted by Gasteiger charge is 2.33. The number of urea groups is 1. The van der Waals surface area contributed by atoms with E-state index in [1.165, 1.54) is 0 Å². The Labute approximate surface area is 132 Å². The Morgan fingerprint density at radius 2 is 2.33 bits per heavy atom. The molecule has 21 heavy (non-hydrogen) atoms. The molecule has 2 amide bonds. The molecule has 2 aromatic rings. The van der Waals surface area contributed by atoms with Gasteiger partial charge in [-0.1, -0.05) is 17.7 Å². The maximum Gasteiger partial charge on any atom is 0.322 e. The fraction of sp³-hybridized carbons (Fsp3) is 0.333. The number of hydrogen-bond acceptors (Lipinski definition) is 3. The average molecular weight is 322 g/mol. The molecule has 110 valence electrons. The van der Waals surface area contributed by atoms with Gasteiger partial charge in [-0.25, -0.2) is 9.78 Å². The number of rotatable bonds is 4. The first-order chi connectivity index (χ1) is 10.1. The number of anilines is 1. The van der Waals surface area contributed by atoms with Crippen LogP contribution in [0.5, 0.6) is 0 Å². The number of aromatic nitrogens is 1. The average Bonchev–Trinajstić information content (AvgIpc) is 3.19. The van der Waals surface area contributed by atoms with E-state index in [0.29, 0.717) is 23.3 Å². The number of nitrogens with one attached hydrogen (secondary N) is 1. The van der Waals surface area contributed by atoms with Crippen LogP contribution < -0.4 is 5.32 Å². The Morgan fingerprint density at radius 1 is 1.52 bits per heavy atom. The van der Waals surface area contributed by atoms with Crippen molar-refractivity contribution in [1.29, 1.82) is 0 Å². The van der Waals surface area contributed by atoms with Crippen LogP contribution in [0, 0.1) is 6.92 Å². The summed E-state index contributed by atoms with van der Waals surface area (Å²) in [5.41, 5.74) is 1.67. The van der Waals surface area contributed by atoms with Gasteiger partial charge < -0.3 is 10.2 Å². The molecule has 1 heterocycles. The number of benzene rings is 1. The van der Waals surface area contributed by atoms with Crippen molar-refractivity contribution >= 4 is 34.7 Å². The quantitative estimate of drug-likeness (QED) is 0.912. The van der Waals surface area contributed by atoms with E-state index in [4.69, 9.17) is 11.6 Å². The van der Waals surface area contributed by atoms with Crippen LogP contribution in [0.4, 0.5) is 10.5 Å². The highest BCUT2D eigenvalue weighted by molar-refractivity contribution is 7.09. The minimum Gasteiger partial charge on any atom is -0.316 e. The standard InChI is InChI=1S/C15H16ClN3OS/c1-10-17-13(9-21-10)8-19(14-5-6-14)15(20)18-12-4-2-3-11(16)7-12/h2-4,7,9,14H,5-6,8H2,1H3,(H,18,20). The SMILES string of the molecule is Cc1nc(CN(C(=O)Nc2cccc(Cl)c2)C2CC2)cs1. The number of hydrogen-bond donors (Lipinski definition) is 1. The van der Waals surface area contributed by atoms with E-state index in [2.05, 4.69) is 10.3 Å². The first kappa shape index (κ1) is 14.4. The van der Waals surface area contributed by atoms with E-state index < -0.39 is 0 Å². The predicted molar refractivity (Wildman–Crippen MR) is 85.9 cm³/mol. The summed E-state index contributed by atoms with van der Waals surface area (Å²) in [6.45, 7) is 2.53. The van der Waals surface area contributed by atoms with Crippen LogP contribution in [0.3, 0.4) is 0 Å². The number of aryl methyl sites for hydroxylation is 1. The van der Waals surface area contributed by atoms with Crippen molar-refractivity contribution in [3.8, 4) is 0 Å². The topological polar surface area (TPSA) is 45.2 Å². The van der Waals surface area contributed by atoms with Gasteiger partial charge in [0.1, 0.15) is 0 Å². The van der Waals surface area contributed by atoms with E-state index >= 15 is 0 Å². The molecule has 4 nitrogen and oxygen atoms in total. The normalized spacial score (nSPS) is 14.0. The van der Waals surface area contributed by atoms with Gasteiger partial charge in [0.25, 0.3) is 0 Å². The van der Waals surface area contributed by atoms with E-state index in [-0.39, 0.29) is 6.03 Å². The lowest BCUT2D eigenvalue weighted by Gasteiger charge is -2.22. The summed E-state index contributed by atoms with van der Waals surface area (Å²) in [6, 6.07) is 7.42. The van der Waals surface area contributed by atoms with Gasteiger partial charge in [0.15, 0.2) is 0 Å². The van der Waals surface area contributed by atoms with Gasteiger partial charge in [-0.2, -0.15) is 0 Å². The fourth-order valence-electron chi connectivity index (χ4n) is 2.17. The molecule has 1 aliphatic carbocycles. The number of thiazole rings is 1. The molecular formula is C15H16ClN3OS. The van der Waals surface area contributed by atoms with Gasteiger partial charge in [-0.05, 0) is 38.0 Å². The monoisotopic (exact) mass is 321 g/mol. The summed E-state index contributed by atoms with van der Waals surface area (Å²) in [7, 11) is 0. The van der Waals surface area contributed by atoms with Crippen molar-refractivity contribution in [2.24, 2.45) is 0 Å². The zero-order valence-electron chi connectivity index (χ0n) is 11.7. The van der Waals surface area contributed by atoms with E-state index in [9.17, 15) is 4.79 Å². The molecule has 1 aliphatic rings. The molecule has 1 fully saturated rings. The van der Waals surface area contributed by atoms with Gasteiger partial charge in [-0.3, -0.25) is 0 Å². The second-order valence-corrected chi connectivity index (χ2v) is 6.66. The first-order valence-electron chi connectivity index (χ1n) is 6.86. The summed E-state index contributed by atoms with van der Waals surface area (Å²) in [4.78, 5) is 18.8. The number of carbonyl (C=O) groups is 1. The van der Waals surface area contributed by atoms with Crippen LogP contribution >= 0.6 is 22.9 Å². The Kier molecular flexibility index (Phi) is 4.12. The first-order valence-corrected chi connectivity index (χ1v) is 8.12. The van der Waals surface area contributed by atoms with Crippen LogP contribution in [0.25, 0.3) is 0 Å². The van der Waals surface area contributed by atoms with Crippen molar-refractivity contribution in [2.75, 3.05) is 5.32 Å². The highest BCUT2D eigenvalue weighted by atomic mass is 35.5. The molecule has 3 rings (SSSR count). The fourth-order valence-corrected chi connectivity index (χ4v) is 2.96. The summed E-state index contributed by atoms with van der Waals surface area (Å²) in [5.74, 6) is 0. The highest BCUT2D eigenvalue weighted by Crippen LogP contribution is 2.29. The van der Waals surface area contributed by atoms with Gasteiger partial charge in [0.05, 0.1) is 17.2 Å². The summed E-state index contributed by atoms with van der Waals surface area (Å²) in [5, 5.41) is 6.56. The third kappa shape index (κ3) is 3.74. The Morgan fingerprint density at radius 3 is 2.95 bits per heavy atom. The van der Waals surface area contributed by atoms with Crippen molar-refractivity contribution in [3.05, 3.63) is 45.4 Å². The second-order valence-electron chi connectivity index (χ2n) is 5.16. The molecule has 0 unspecified atom stereocenters. The molecule has 0 atom stereocenters. The maximum absolute atomic E-state index is 12.5. The Hall–Kier alpha value is -1.59. The van der Waals surface area contributed by atoms with Gasteiger partial charge >= 0.3 is 6.03 Å². The Balaban J connectivity index is 1.70. The smallest absolute Gasteiger partial charge is 0.316 e. The molecule has 0 radical (unpaired) electrons. The maximum atomic E-state index is 12.5. The third-order valence-electron chi connectivity index (χ3n) is 3.32. The van der Waals surface area contributed by atoms with Gasteiger partial charge in [0.2, 0.25) is 0 Å².